The minimum absolute atomic E-state index is 0.0192. The Hall–Kier alpha value is -3.31. The van der Waals surface area contributed by atoms with E-state index in [2.05, 4.69) is 12.3 Å². The van der Waals surface area contributed by atoms with E-state index in [0.717, 1.165) is 41.6 Å². The molecule has 1 fully saturated rings. The van der Waals surface area contributed by atoms with Crippen molar-refractivity contribution >= 4 is 11.6 Å². The smallest absolute Gasteiger partial charge is 0.250 e. The first kappa shape index (κ1) is 16.2. The lowest BCUT2D eigenvalue weighted by atomic mass is 9.96. The molecule has 26 heavy (non-hydrogen) atoms. The Kier molecular flexibility index (Phi) is 4.07. The Morgan fingerprint density at radius 2 is 1.96 bits per heavy atom. The van der Waals surface area contributed by atoms with Crippen LogP contribution in [0.4, 0.5) is 5.69 Å². The summed E-state index contributed by atoms with van der Waals surface area (Å²) in [6, 6.07) is 15.4. The zero-order valence-corrected chi connectivity index (χ0v) is 14.4. The normalized spacial score (nSPS) is 18.3. The van der Waals surface area contributed by atoms with E-state index in [1.807, 2.05) is 41.3 Å². The average Bonchev–Trinajstić information content (AvgIpc) is 3.34. The number of likely N-dealkylation sites (tertiary alicyclic amines) is 1. The molecule has 4 rings (SSSR count). The van der Waals surface area contributed by atoms with Gasteiger partial charge in [0.15, 0.2) is 6.19 Å². The van der Waals surface area contributed by atoms with E-state index in [-0.39, 0.29) is 11.9 Å². The van der Waals surface area contributed by atoms with Crippen molar-refractivity contribution in [3.05, 3.63) is 53.6 Å². The van der Waals surface area contributed by atoms with Gasteiger partial charge in [0, 0.05) is 18.8 Å². The van der Waals surface area contributed by atoms with Crippen molar-refractivity contribution in [3.8, 4) is 23.4 Å². The van der Waals surface area contributed by atoms with Crippen LogP contribution >= 0.6 is 0 Å². The number of benzene rings is 2. The third-order valence-electron chi connectivity index (χ3n) is 5.26. The number of fused-ring (bicyclic) bond motifs is 1. The monoisotopic (exact) mass is 342 g/mol. The van der Waals surface area contributed by atoms with Gasteiger partial charge in [-0.1, -0.05) is 24.3 Å². The Labute approximate surface area is 152 Å². The van der Waals surface area contributed by atoms with Crippen molar-refractivity contribution in [1.29, 1.82) is 10.5 Å². The molecule has 0 radical (unpaired) electrons. The van der Waals surface area contributed by atoms with Gasteiger partial charge in [0.1, 0.15) is 6.04 Å². The molecule has 2 aromatic rings. The molecule has 0 saturated carbocycles. The Bertz CT molecular complexity index is 953. The average molecular weight is 342 g/mol. The van der Waals surface area contributed by atoms with Crippen molar-refractivity contribution in [2.45, 2.75) is 25.3 Å². The molecular formula is C21H18N4O. The third-order valence-corrected chi connectivity index (χ3v) is 5.26. The van der Waals surface area contributed by atoms with Crippen LogP contribution in [0.1, 0.15) is 24.0 Å². The zero-order valence-electron chi connectivity index (χ0n) is 14.4. The van der Waals surface area contributed by atoms with Gasteiger partial charge >= 0.3 is 0 Å². The predicted molar refractivity (Wildman–Crippen MR) is 98.0 cm³/mol. The van der Waals surface area contributed by atoms with Gasteiger partial charge in [-0.2, -0.15) is 10.5 Å². The second-order valence-electron chi connectivity index (χ2n) is 6.69. The Morgan fingerprint density at radius 1 is 1.12 bits per heavy atom. The fourth-order valence-corrected chi connectivity index (χ4v) is 4.01. The molecule has 2 aliphatic rings. The largest absolute Gasteiger partial charge is 0.310 e. The molecule has 0 aromatic heterocycles. The molecule has 0 spiro atoms. The van der Waals surface area contributed by atoms with Gasteiger partial charge < -0.3 is 4.90 Å². The summed E-state index contributed by atoms with van der Waals surface area (Å²) in [6.07, 6.45) is 4.55. The van der Waals surface area contributed by atoms with Crippen LogP contribution in [0.3, 0.4) is 0 Å². The number of carbonyl (C=O) groups excluding carboxylic acids is 1. The number of rotatable bonds is 2. The number of hydrogen-bond acceptors (Lipinski definition) is 4. The van der Waals surface area contributed by atoms with E-state index in [1.54, 1.807) is 11.0 Å². The number of nitriles is 2. The van der Waals surface area contributed by atoms with E-state index < -0.39 is 0 Å². The molecule has 2 aromatic carbocycles. The highest BCUT2D eigenvalue weighted by Gasteiger charge is 2.36. The van der Waals surface area contributed by atoms with Crippen LogP contribution in [-0.4, -0.2) is 29.9 Å². The molecule has 0 unspecified atom stereocenters. The molecule has 1 amide bonds. The maximum absolute atomic E-state index is 13.0. The molecule has 2 aliphatic heterocycles. The van der Waals surface area contributed by atoms with Crippen LogP contribution < -0.4 is 4.90 Å². The second kappa shape index (κ2) is 6.54. The quantitative estimate of drug-likeness (QED) is 0.787. The van der Waals surface area contributed by atoms with Crippen molar-refractivity contribution in [1.82, 2.24) is 4.90 Å². The van der Waals surface area contributed by atoms with Gasteiger partial charge in [0.05, 0.1) is 11.6 Å². The van der Waals surface area contributed by atoms with Crippen molar-refractivity contribution in [3.63, 3.8) is 0 Å². The van der Waals surface area contributed by atoms with Crippen LogP contribution in [-0.2, 0) is 11.2 Å². The second-order valence-corrected chi connectivity index (χ2v) is 6.69. The standard InChI is InChI=1S/C21H18N4O/c22-13-15-4-1-5-16(12-15)17-6-2-7-19-18(17)9-11-25(19)21(26)20-8-3-10-24(20)14-23/h1-2,4-7,12,20H,3,8-11H2/t20-/m0/s1. The number of carbonyl (C=O) groups is 1. The molecule has 0 bridgehead atoms. The zero-order chi connectivity index (χ0) is 18.1. The van der Waals surface area contributed by atoms with Gasteiger partial charge in [0.2, 0.25) is 5.91 Å². The highest BCUT2D eigenvalue weighted by atomic mass is 16.2. The maximum atomic E-state index is 13.0. The lowest BCUT2D eigenvalue weighted by Gasteiger charge is -2.25. The molecule has 2 heterocycles. The molecule has 1 atom stereocenters. The van der Waals surface area contributed by atoms with Crippen LogP contribution in [0.5, 0.6) is 0 Å². The van der Waals surface area contributed by atoms with E-state index in [0.29, 0.717) is 18.7 Å². The number of nitrogens with zero attached hydrogens (tertiary/aromatic N) is 4. The number of anilines is 1. The summed E-state index contributed by atoms with van der Waals surface area (Å²) in [6.45, 7) is 1.30. The first-order valence-electron chi connectivity index (χ1n) is 8.83. The van der Waals surface area contributed by atoms with Crippen molar-refractivity contribution in [2.75, 3.05) is 18.0 Å². The van der Waals surface area contributed by atoms with Gasteiger partial charge in [-0.25, -0.2) is 0 Å². The van der Waals surface area contributed by atoms with Gasteiger partial charge in [-0.3, -0.25) is 9.69 Å². The van der Waals surface area contributed by atoms with Gasteiger partial charge in [-0.05, 0) is 54.2 Å². The molecular weight excluding hydrogens is 324 g/mol. The van der Waals surface area contributed by atoms with Crippen LogP contribution in [0, 0.1) is 22.8 Å². The number of hydrogen-bond donors (Lipinski definition) is 0. The first-order valence-corrected chi connectivity index (χ1v) is 8.83. The summed E-state index contributed by atoms with van der Waals surface area (Å²) in [4.78, 5) is 16.4. The van der Waals surface area contributed by atoms with E-state index in [4.69, 9.17) is 5.26 Å². The Morgan fingerprint density at radius 3 is 2.77 bits per heavy atom. The van der Waals surface area contributed by atoms with E-state index in [1.165, 1.54) is 0 Å². The summed E-state index contributed by atoms with van der Waals surface area (Å²) in [5.41, 5.74) is 4.76. The summed E-state index contributed by atoms with van der Waals surface area (Å²) in [5.74, 6) is 0.0192. The summed E-state index contributed by atoms with van der Waals surface area (Å²) in [5, 5.41) is 18.4. The third kappa shape index (κ3) is 2.59. The molecule has 5 heteroatoms. The van der Waals surface area contributed by atoms with Crippen molar-refractivity contribution < 1.29 is 4.79 Å². The highest BCUT2D eigenvalue weighted by molar-refractivity contribution is 6.00. The molecule has 5 nitrogen and oxygen atoms in total. The summed E-state index contributed by atoms with van der Waals surface area (Å²) >= 11 is 0. The highest BCUT2D eigenvalue weighted by Crippen LogP contribution is 2.37. The molecule has 0 N–H and O–H groups in total. The van der Waals surface area contributed by atoms with Gasteiger partial charge in [-0.15, -0.1) is 0 Å². The topological polar surface area (TPSA) is 71.1 Å². The van der Waals surface area contributed by atoms with E-state index >= 15 is 0 Å². The van der Waals surface area contributed by atoms with E-state index in [9.17, 15) is 10.1 Å². The molecule has 128 valence electrons. The summed E-state index contributed by atoms with van der Waals surface area (Å²) in [7, 11) is 0. The fraction of sp³-hybridized carbons (Fsp3) is 0.286. The fourth-order valence-electron chi connectivity index (χ4n) is 4.01. The lowest BCUT2D eigenvalue weighted by molar-refractivity contribution is -0.121. The Balaban J connectivity index is 1.69. The van der Waals surface area contributed by atoms with Gasteiger partial charge in [0.25, 0.3) is 0 Å². The SMILES string of the molecule is N#Cc1cccc(-c2cccc3c2CCN3C(=O)[C@@H]2CCCN2C#N)c1. The first-order chi connectivity index (χ1) is 12.7. The minimum atomic E-state index is -0.337. The molecule has 0 aliphatic carbocycles. The van der Waals surface area contributed by atoms with Crippen LogP contribution in [0.15, 0.2) is 42.5 Å². The van der Waals surface area contributed by atoms with Crippen LogP contribution in [0.25, 0.3) is 11.1 Å². The minimum Gasteiger partial charge on any atom is -0.310 e. The predicted octanol–water partition coefficient (Wildman–Crippen LogP) is 3.06. The summed E-state index contributed by atoms with van der Waals surface area (Å²) < 4.78 is 0. The van der Waals surface area contributed by atoms with Crippen molar-refractivity contribution in [2.24, 2.45) is 0 Å². The maximum Gasteiger partial charge on any atom is 0.250 e. The molecule has 1 saturated heterocycles. The number of amides is 1. The van der Waals surface area contributed by atoms with Crippen LogP contribution in [0.2, 0.25) is 0 Å². The lowest BCUT2D eigenvalue weighted by Crippen LogP contribution is -2.43.